The van der Waals surface area contributed by atoms with E-state index >= 15 is 0 Å². The summed E-state index contributed by atoms with van der Waals surface area (Å²) in [5.41, 5.74) is 5.53. The van der Waals surface area contributed by atoms with Crippen molar-refractivity contribution in [3.63, 3.8) is 0 Å². The van der Waals surface area contributed by atoms with Crippen molar-refractivity contribution in [2.75, 3.05) is 0 Å². The summed E-state index contributed by atoms with van der Waals surface area (Å²) in [6.07, 6.45) is 14.5. The van der Waals surface area contributed by atoms with Crippen molar-refractivity contribution in [2.45, 2.75) is 58.8 Å². The molecule has 2 atom stereocenters. The molecule has 27 heavy (non-hydrogen) atoms. The quantitative estimate of drug-likeness (QED) is 0.315. The molecule has 0 aromatic heterocycles. The highest BCUT2D eigenvalue weighted by Crippen LogP contribution is 2.22. The van der Waals surface area contributed by atoms with Gasteiger partial charge in [0.2, 0.25) is 0 Å². The Balaban J connectivity index is 1.87. The minimum absolute atomic E-state index is 0.538. The van der Waals surface area contributed by atoms with Crippen LogP contribution in [0.5, 0.6) is 0 Å². The van der Waals surface area contributed by atoms with E-state index in [0.717, 1.165) is 19.3 Å². The van der Waals surface area contributed by atoms with Crippen molar-refractivity contribution in [1.29, 1.82) is 0 Å². The first-order valence-corrected chi connectivity index (χ1v) is 10.2. The van der Waals surface area contributed by atoms with Crippen LogP contribution in [0, 0.1) is 0 Å². The van der Waals surface area contributed by atoms with Crippen molar-refractivity contribution < 1.29 is 0 Å². The maximum atomic E-state index is 2.35. The molecule has 0 heteroatoms. The maximum Gasteiger partial charge on any atom is 0.00152 e. The summed E-state index contributed by atoms with van der Waals surface area (Å²) in [7, 11) is 0. The molecule has 0 radical (unpaired) electrons. The highest BCUT2D eigenvalue weighted by atomic mass is 14.1. The topological polar surface area (TPSA) is 0 Å². The van der Waals surface area contributed by atoms with Crippen LogP contribution < -0.4 is 0 Å². The maximum absolute atomic E-state index is 2.35. The third-order valence-electron chi connectivity index (χ3n) is 5.17. The van der Waals surface area contributed by atoms with Gasteiger partial charge in [0.1, 0.15) is 0 Å². The number of rotatable bonds is 9. The van der Waals surface area contributed by atoms with Crippen LogP contribution in [0.4, 0.5) is 0 Å². The van der Waals surface area contributed by atoms with Crippen molar-refractivity contribution in [1.82, 2.24) is 0 Å². The van der Waals surface area contributed by atoms with Gasteiger partial charge in [0.05, 0.1) is 0 Å². The third kappa shape index (κ3) is 7.06. The molecule has 0 saturated heterocycles. The molecule has 0 saturated carbocycles. The van der Waals surface area contributed by atoms with Crippen LogP contribution in [-0.2, 0) is 6.42 Å². The molecule has 142 valence electrons. The zero-order valence-electron chi connectivity index (χ0n) is 17.4. The lowest BCUT2D eigenvalue weighted by atomic mass is 9.94. The number of benzene rings is 2. The average Bonchev–Trinajstić information content (AvgIpc) is 2.71. The lowest BCUT2D eigenvalue weighted by molar-refractivity contribution is 0.778. The van der Waals surface area contributed by atoms with Gasteiger partial charge in [0.25, 0.3) is 0 Å². The Morgan fingerprint density at radius 1 is 0.963 bits per heavy atom. The van der Waals surface area contributed by atoms with Gasteiger partial charge in [0, 0.05) is 5.92 Å². The Labute approximate surface area is 166 Å². The molecular weight excluding hydrogens is 324 g/mol. The summed E-state index contributed by atoms with van der Waals surface area (Å²) in [5.74, 6) is 1.10. The second kappa shape index (κ2) is 11.4. The molecular formula is C27H34. The summed E-state index contributed by atoms with van der Waals surface area (Å²) < 4.78 is 0. The fraction of sp³-hybridized carbons (Fsp3) is 0.333. The lowest BCUT2D eigenvalue weighted by Crippen LogP contribution is -1.93. The summed E-state index contributed by atoms with van der Waals surface area (Å²) in [5, 5.41) is 0. The fourth-order valence-corrected chi connectivity index (χ4v) is 3.35. The fourth-order valence-electron chi connectivity index (χ4n) is 3.35. The molecule has 2 rings (SSSR count). The summed E-state index contributed by atoms with van der Waals surface area (Å²) >= 11 is 0. The minimum Gasteiger partial charge on any atom is -0.0910 e. The molecule has 0 spiro atoms. The normalized spacial score (nSPS) is 14.7. The van der Waals surface area contributed by atoms with Gasteiger partial charge >= 0.3 is 0 Å². The molecule has 2 unspecified atom stereocenters. The van der Waals surface area contributed by atoms with E-state index in [-0.39, 0.29) is 0 Å². The highest BCUT2D eigenvalue weighted by Gasteiger charge is 2.04. The van der Waals surface area contributed by atoms with E-state index in [4.69, 9.17) is 0 Å². The molecule has 0 bridgehead atoms. The molecule has 0 aliphatic carbocycles. The predicted octanol–water partition coefficient (Wildman–Crippen LogP) is 8.00. The smallest absolute Gasteiger partial charge is 0.00152 e. The van der Waals surface area contributed by atoms with E-state index in [0.29, 0.717) is 11.8 Å². The molecule has 0 heterocycles. The van der Waals surface area contributed by atoms with E-state index in [1.807, 2.05) is 0 Å². The van der Waals surface area contributed by atoms with Crippen LogP contribution in [0.15, 0.2) is 90.6 Å². The van der Waals surface area contributed by atoms with Crippen LogP contribution in [0.1, 0.15) is 69.1 Å². The molecule has 0 aliphatic rings. The Hall–Kier alpha value is -2.34. The molecule has 0 nitrogen and oxygen atoms in total. The molecule has 2 aromatic rings. The Bertz CT molecular complexity index is 744. The highest BCUT2D eigenvalue weighted by molar-refractivity contribution is 5.30. The minimum atomic E-state index is 0.538. The van der Waals surface area contributed by atoms with Gasteiger partial charge in [-0.05, 0) is 55.7 Å². The van der Waals surface area contributed by atoms with Crippen LogP contribution in [0.25, 0.3) is 0 Å². The SMILES string of the molecule is C/C=C\C(CC)c1ccc(C/C=C/C(C)=C/CC(C)c2ccccc2)cc1. The van der Waals surface area contributed by atoms with Gasteiger partial charge in [-0.15, -0.1) is 0 Å². The first-order chi connectivity index (χ1) is 13.1. The standard InChI is InChI=1S/C27H34/c1-5-11-25(6-2)27-20-18-24(19-21-27)13-10-12-22(3)16-17-23(4)26-14-8-7-9-15-26/h5,7-12,14-16,18-21,23,25H,6,13,17H2,1-4H3/b11-5-,12-10+,22-16+. The van der Waals surface area contributed by atoms with E-state index in [2.05, 4.69) is 113 Å². The lowest BCUT2D eigenvalue weighted by Gasteiger charge is -2.11. The van der Waals surface area contributed by atoms with Crippen LogP contribution in [-0.4, -0.2) is 0 Å². The number of allylic oxidation sites excluding steroid dienone is 6. The van der Waals surface area contributed by atoms with E-state index < -0.39 is 0 Å². The van der Waals surface area contributed by atoms with Crippen molar-refractivity contribution in [3.05, 3.63) is 107 Å². The molecule has 0 N–H and O–H groups in total. The monoisotopic (exact) mass is 358 g/mol. The van der Waals surface area contributed by atoms with E-state index in [1.165, 1.54) is 22.3 Å². The Kier molecular flexibility index (Phi) is 8.84. The van der Waals surface area contributed by atoms with Crippen LogP contribution in [0.2, 0.25) is 0 Å². The summed E-state index contributed by atoms with van der Waals surface area (Å²) in [4.78, 5) is 0. The zero-order chi connectivity index (χ0) is 19.5. The first-order valence-electron chi connectivity index (χ1n) is 10.2. The van der Waals surface area contributed by atoms with Crippen LogP contribution >= 0.6 is 0 Å². The van der Waals surface area contributed by atoms with Crippen molar-refractivity contribution >= 4 is 0 Å². The Morgan fingerprint density at radius 3 is 2.30 bits per heavy atom. The van der Waals surface area contributed by atoms with E-state index in [9.17, 15) is 0 Å². The number of hydrogen-bond donors (Lipinski definition) is 0. The van der Waals surface area contributed by atoms with Gasteiger partial charge in [-0.3, -0.25) is 0 Å². The summed E-state index contributed by atoms with van der Waals surface area (Å²) in [6, 6.07) is 19.8. The second-order valence-electron chi connectivity index (χ2n) is 7.38. The van der Waals surface area contributed by atoms with Gasteiger partial charge in [-0.2, -0.15) is 0 Å². The van der Waals surface area contributed by atoms with E-state index in [1.54, 1.807) is 0 Å². The van der Waals surface area contributed by atoms with Gasteiger partial charge < -0.3 is 0 Å². The zero-order valence-corrected chi connectivity index (χ0v) is 17.4. The second-order valence-corrected chi connectivity index (χ2v) is 7.38. The largest absolute Gasteiger partial charge is 0.0910 e. The third-order valence-corrected chi connectivity index (χ3v) is 5.17. The van der Waals surface area contributed by atoms with Crippen molar-refractivity contribution in [2.24, 2.45) is 0 Å². The predicted molar refractivity (Wildman–Crippen MR) is 120 cm³/mol. The average molecular weight is 359 g/mol. The van der Waals surface area contributed by atoms with Gasteiger partial charge in [-0.25, -0.2) is 0 Å². The van der Waals surface area contributed by atoms with Gasteiger partial charge in [0.15, 0.2) is 0 Å². The molecule has 0 amide bonds. The molecule has 0 fully saturated rings. The number of hydrogen-bond acceptors (Lipinski definition) is 0. The summed E-state index contributed by atoms with van der Waals surface area (Å²) in [6.45, 7) is 8.83. The van der Waals surface area contributed by atoms with Crippen molar-refractivity contribution in [3.8, 4) is 0 Å². The first kappa shape index (κ1) is 21.0. The Morgan fingerprint density at radius 2 is 1.67 bits per heavy atom. The molecule has 2 aromatic carbocycles. The van der Waals surface area contributed by atoms with Gasteiger partial charge in [-0.1, -0.05) is 104 Å². The van der Waals surface area contributed by atoms with Crippen LogP contribution in [0.3, 0.4) is 0 Å². The molecule has 0 aliphatic heterocycles.